The molecule has 0 spiro atoms. The van der Waals surface area contributed by atoms with Crippen molar-refractivity contribution in [2.45, 2.75) is 39.2 Å². The Labute approximate surface area is 104 Å². The quantitative estimate of drug-likeness (QED) is 0.791. The molecule has 2 rings (SSSR count). The van der Waals surface area contributed by atoms with Gasteiger partial charge in [-0.05, 0) is 50.4 Å². The highest BCUT2D eigenvalue weighted by atomic mass is 15.2. The van der Waals surface area contributed by atoms with Crippen LogP contribution in [-0.2, 0) is 0 Å². The largest absolute Gasteiger partial charge is 0.352 e. The second-order valence-corrected chi connectivity index (χ2v) is 4.88. The van der Waals surface area contributed by atoms with Gasteiger partial charge in [0, 0.05) is 25.3 Å². The maximum atomic E-state index is 4.50. The zero-order valence-electron chi connectivity index (χ0n) is 10.9. The summed E-state index contributed by atoms with van der Waals surface area (Å²) in [4.78, 5) is 6.95. The van der Waals surface area contributed by atoms with E-state index >= 15 is 0 Å². The summed E-state index contributed by atoms with van der Waals surface area (Å²) in [6.45, 7) is 7.69. The van der Waals surface area contributed by atoms with E-state index in [-0.39, 0.29) is 0 Å². The number of anilines is 1. The van der Waals surface area contributed by atoms with Gasteiger partial charge in [0.15, 0.2) is 0 Å². The van der Waals surface area contributed by atoms with E-state index in [1.165, 1.54) is 24.8 Å². The van der Waals surface area contributed by atoms with Gasteiger partial charge in [-0.1, -0.05) is 6.92 Å². The summed E-state index contributed by atoms with van der Waals surface area (Å²) < 4.78 is 0. The molecule has 0 bridgehead atoms. The number of rotatable bonds is 5. The molecule has 0 saturated carbocycles. The Bertz CT molecular complexity index is 351. The van der Waals surface area contributed by atoms with E-state index in [9.17, 15) is 0 Å². The Morgan fingerprint density at radius 2 is 2.41 bits per heavy atom. The van der Waals surface area contributed by atoms with Crippen LogP contribution in [-0.4, -0.2) is 30.7 Å². The molecule has 1 aromatic rings. The van der Waals surface area contributed by atoms with Gasteiger partial charge >= 0.3 is 0 Å². The van der Waals surface area contributed by atoms with Gasteiger partial charge in [-0.15, -0.1) is 0 Å². The van der Waals surface area contributed by atoms with Crippen molar-refractivity contribution in [1.29, 1.82) is 0 Å². The number of aromatic nitrogens is 1. The van der Waals surface area contributed by atoms with Crippen LogP contribution < -0.4 is 10.2 Å². The Hall–Kier alpha value is -1.09. The fourth-order valence-electron chi connectivity index (χ4n) is 2.47. The van der Waals surface area contributed by atoms with E-state index < -0.39 is 0 Å². The summed E-state index contributed by atoms with van der Waals surface area (Å²) in [6, 6.07) is 4.87. The number of nitrogens with zero attached hydrogens (tertiary/aromatic N) is 2. The highest BCUT2D eigenvalue weighted by Crippen LogP contribution is 2.23. The molecular weight excluding hydrogens is 210 g/mol. The van der Waals surface area contributed by atoms with Crippen LogP contribution in [0.15, 0.2) is 18.3 Å². The van der Waals surface area contributed by atoms with Crippen LogP contribution in [0.5, 0.6) is 0 Å². The molecule has 1 unspecified atom stereocenters. The average molecular weight is 233 g/mol. The molecule has 1 atom stereocenters. The Morgan fingerprint density at radius 1 is 1.53 bits per heavy atom. The van der Waals surface area contributed by atoms with Gasteiger partial charge < -0.3 is 10.2 Å². The lowest BCUT2D eigenvalue weighted by atomic mass is 10.2. The van der Waals surface area contributed by atoms with Crippen molar-refractivity contribution < 1.29 is 0 Å². The van der Waals surface area contributed by atoms with Gasteiger partial charge in [0.1, 0.15) is 5.82 Å². The summed E-state index contributed by atoms with van der Waals surface area (Å²) in [5.41, 5.74) is 1.29. The van der Waals surface area contributed by atoms with E-state index in [1.807, 2.05) is 6.20 Å². The molecule has 1 N–H and O–H groups in total. The van der Waals surface area contributed by atoms with E-state index in [2.05, 4.69) is 41.2 Å². The van der Waals surface area contributed by atoms with Crippen LogP contribution in [0.2, 0.25) is 0 Å². The number of nitrogens with one attached hydrogen (secondary N) is 1. The monoisotopic (exact) mass is 233 g/mol. The van der Waals surface area contributed by atoms with Crippen molar-refractivity contribution in [2.24, 2.45) is 0 Å². The smallest absolute Gasteiger partial charge is 0.129 e. The summed E-state index contributed by atoms with van der Waals surface area (Å²) >= 11 is 0. The predicted molar refractivity (Wildman–Crippen MR) is 72.5 cm³/mol. The van der Waals surface area contributed by atoms with Crippen LogP contribution in [0.4, 0.5) is 5.82 Å². The highest BCUT2D eigenvalue weighted by molar-refractivity contribution is 5.43. The molecule has 17 heavy (non-hydrogen) atoms. The molecule has 1 fully saturated rings. The average Bonchev–Trinajstić information content (AvgIpc) is 2.78. The molecule has 3 nitrogen and oxygen atoms in total. The standard InChI is InChI=1S/C14H23N3/c1-3-7-15-11-13-5-4-9-17(13)14-10-12(2)6-8-16-14/h6,8,10,13,15H,3-5,7,9,11H2,1-2H3. The maximum Gasteiger partial charge on any atom is 0.129 e. The van der Waals surface area contributed by atoms with Crippen LogP contribution >= 0.6 is 0 Å². The number of hydrogen-bond donors (Lipinski definition) is 1. The zero-order chi connectivity index (χ0) is 12.1. The summed E-state index contributed by atoms with van der Waals surface area (Å²) in [6.07, 6.45) is 5.69. The molecule has 1 aromatic heterocycles. The first-order valence-electron chi connectivity index (χ1n) is 6.71. The second-order valence-electron chi connectivity index (χ2n) is 4.88. The van der Waals surface area contributed by atoms with Gasteiger partial charge in [-0.3, -0.25) is 0 Å². The highest BCUT2D eigenvalue weighted by Gasteiger charge is 2.24. The van der Waals surface area contributed by atoms with Crippen molar-refractivity contribution in [3.63, 3.8) is 0 Å². The van der Waals surface area contributed by atoms with E-state index in [0.717, 1.165) is 25.5 Å². The SMILES string of the molecule is CCCNCC1CCCN1c1cc(C)ccn1. The van der Waals surface area contributed by atoms with Gasteiger partial charge in [-0.2, -0.15) is 0 Å². The first-order chi connectivity index (χ1) is 8.31. The molecule has 3 heteroatoms. The lowest BCUT2D eigenvalue weighted by Gasteiger charge is -2.26. The lowest BCUT2D eigenvalue weighted by Crippen LogP contribution is -2.38. The lowest BCUT2D eigenvalue weighted by molar-refractivity contribution is 0.568. The van der Waals surface area contributed by atoms with E-state index in [4.69, 9.17) is 0 Å². The molecule has 0 aliphatic carbocycles. The summed E-state index contributed by atoms with van der Waals surface area (Å²) in [5, 5.41) is 3.52. The van der Waals surface area contributed by atoms with E-state index in [0.29, 0.717) is 6.04 Å². The minimum atomic E-state index is 0.621. The normalized spacial score (nSPS) is 19.9. The maximum absolute atomic E-state index is 4.50. The van der Waals surface area contributed by atoms with Crippen molar-refractivity contribution in [2.75, 3.05) is 24.5 Å². The van der Waals surface area contributed by atoms with Crippen LogP contribution in [0.25, 0.3) is 0 Å². The molecule has 0 aromatic carbocycles. The first-order valence-corrected chi connectivity index (χ1v) is 6.71. The van der Waals surface area contributed by atoms with Gasteiger partial charge in [0.2, 0.25) is 0 Å². The first kappa shape index (κ1) is 12.4. The third kappa shape index (κ3) is 3.19. The Kier molecular flexibility index (Phi) is 4.37. The minimum Gasteiger partial charge on any atom is -0.352 e. The van der Waals surface area contributed by atoms with Crippen molar-refractivity contribution in [3.05, 3.63) is 23.9 Å². The summed E-state index contributed by atoms with van der Waals surface area (Å²) in [5.74, 6) is 1.14. The summed E-state index contributed by atoms with van der Waals surface area (Å²) in [7, 11) is 0. The molecule has 1 saturated heterocycles. The fourth-order valence-corrected chi connectivity index (χ4v) is 2.47. The van der Waals surface area contributed by atoms with Crippen molar-refractivity contribution >= 4 is 5.82 Å². The number of pyridine rings is 1. The van der Waals surface area contributed by atoms with Gasteiger partial charge in [-0.25, -0.2) is 4.98 Å². The van der Waals surface area contributed by atoms with Crippen LogP contribution in [0, 0.1) is 6.92 Å². The molecular formula is C14H23N3. The minimum absolute atomic E-state index is 0.621. The predicted octanol–water partition coefficient (Wildman–Crippen LogP) is 2.36. The molecule has 1 aliphatic rings. The topological polar surface area (TPSA) is 28.2 Å². The van der Waals surface area contributed by atoms with Crippen molar-refractivity contribution in [3.8, 4) is 0 Å². The molecule has 1 aliphatic heterocycles. The van der Waals surface area contributed by atoms with E-state index in [1.54, 1.807) is 0 Å². The molecule has 0 radical (unpaired) electrons. The molecule has 0 amide bonds. The van der Waals surface area contributed by atoms with Crippen LogP contribution in [0.1, 0.15) is 31.7 Å². The molecule has 2 heterocycles. The van der Waals surface area contributed by atoms with Crippen molar-refractivity contribution in [1.82, 2.24) is 10.3 Å². The third-order valence-corrected chi connectivity index (χ3v) is 3.38. The Morgan fingerprint density at radius 3 is 3.18 bits per heavy atom. The van der Waals surface area contributed by atoms with Gasteiger partial charge in [0.25, 0.3) is 0 Å². The Balaban J connectivity index is 1.99. The van der Waals surface area contributed by atoms with Crippen LogP contribution in [0.3, 0.4) is 0 Å². The fraction of sp³-hybridized carbons (Fsp3) is 0.643. The number of aryl methyl sites for hydroxylation is 1. The zero-order valence-corrected chi connectivity index (χ0v) is 10.9. The molecule has 94 valence electrons. The number of hydrogen-bond acceptors (Lipinski definition) is 3. The van der Waals surface area contributed by atoms with Gasteiger partial charge in [0.05, 0.1) is 0 Å². The third-order valence-electron chi connectivity index (χ3n) is 3.38. The second kappa shape index (κ2) is 6.01.